The molecule has 1 aromatic rings. The third kappa shape index (κ3) is 1.88. The van der Waals surface area contributed by atoms with Crippen molar-refractivity contribution in [3.8, 4) is 0 Å². The highest BCUT2D eigenvalue weighted by atomic mass is 32.2. The van der Waals surface area contributed by atoms with Gasteiger partial charge in [-0.2, -0.15) is 0 Å². The fourth-order valence-electron chi connectivity index (χ4n) is 0.912. The van der Waals surface area contributed by atoms with Crippen LogP contribution in [0.2, 0.25) is 6.82 Å². The molecule has 0 N–H and O–H groups in total. The summed E-state index contributed by atoms with van der Waals surface area (Å²) in [5.41, 5.74) is 1.07. The summed E-state index contributed by atoms with van der Waals surface area (Å²) in [5, 5.41) is 0. The minimum atomic E-state index is -3.01. The Kier molecular flexibility index (Phi) is 2.57. The van der Waals surface area contributed by atoms with Crippen LogP contribution in [-0.2, 0) is 9.69 Å². The van der Waals surface area contributed by atoms with E-state index >= 15 is 0 Å². The van der Waals surface area contributed by atoms with Crippen LogP contribution in [0.4, 0.5) is 0 Å². The molecule has 0 amide bonds. The third-order valence-corrected chi connectivity index (χ3v) is 3.51. The van der Waals surface area contributed by atoms with Crippen molar-refractivity contribution in [2.75, 3.05) is 0 Å². The summed E-state index contributed by atoms with van der Waals surface area (Å²) in [4.78, 5) is 0.413. The average Bonchev–Trinajstić information content (AvgIpc) is 2.05. The minimum Gasteiger partial charge on any atom is -0.237 e. The zero-order valence-electron chi connectivity index (χ0n) is 7.24. The molecule has 0 radical (unpaired) electrons. The van der Waals surface area contributed by atoms with Crippen LogP contribution >= 0.6 is 0 Å². The van der Waals surface area contributed by atoms with Crippen molar-refractivity contribution in [1.82, 2.24) is 0 Å². The topological polar surface area (TPSA) is 34.1 Å². The van der Waals surface area contributed by atoms with E-state index in [1.165, 1.54) is 0 Å². The van der Waals surface area contributed by atoms with Crippen LogP contribution in [0.25, 0.3) is 0 Å². The Morgan fingerprint density at radius 3 is 2.08 bits per heavy atom. The first kappa shape index (κ1) is 9.32. The molecule has 0 spiro atoms. The lowest BCUT2D eigenvalue weighted by molar-refractivity contribution is 0.609. The molecule has 12 heavy (non-hydrogen) atoms. The molecule has 0 heterocycles. The van der Waals surface area contributed by atoms with E-state index in [0.717, 1.165) is 5.56 Å². The van der Waals surface area contributed by atoms with Gasteiger partial charge in [0.15, 0.2) is 0 Å². The lowest BCUT2D eigenvalue weighted by Gasteiger charge is -1.99. The van der Waals surface area contributed by atoms with Crippen molar-refractivity contribution in [3.63, 3.8) is 0 Å². The molecule has 1 rings (SSSR count). The largest absolute Gasteiger partial charge is 0.277 e. The maximum absolute atomic E-state index is 11.3. The second-order valence-corrected chi connectivity index (χ2v) is 4.99. The first-order valence-corrected chi connectivity index (χ1v) is 5.51. The monoisotopic (exact) mass is 182 g/mol. The summed E-state index contributed by atoms with van der Waals surface area (Å²) >= 11 is 0. The van der Waals surface area contributed by atoms with Gasteiger partial charge in [0.2, 0.25) is 0 Å². The van der Waals surface area contributed by atoms with Crippen LogP contribution in [-0.4, -0.2) is 15.0 Å². The van der Waals surface area contributed by atoms with E-state index in [2.05, 4.69) is 0 Å². The van der Waals surface area contributed by atoms with Gasteiger partial charge in [-0.05, 0) is 19.1 Å². The standard InChI is InChI=1S/C8H11BO2S/c1-7-3-5-8(6-4-7)12(10,11)9-2/h3-6,9H,1-2H3. The Morgan fingerprint density at radius 1 is 1.17 bits per heavy atom. The van der Waals surface area contributed by atoms with E-state index < -0.39 is 9.69 Å². The smallest absolute Gasteiger partial charge is 0.237 e. The number of hydrogen-bond donors (Lipinski definition) is 0. The Labute approximate surface area is 73.7 Å². The highest BCUT2D eigenvalue weighted by molar-refractivity contribution is 8.15. The van der Waals surface area contributed by atoms with Crippen molar-refractivity contribution in [2.24, 2.45) is 0 Å². The van der Waals surface area contributed by atoms with Gasteiger partial charge in [-0.15, -0.1) is 0 Å². The van der Waals surface area contributed by atoms with E-state index in [4.69, 9.17) is 0 Å². The molecule has 0 aliphatic heterocycles. The number of benzene rings is 1. The highest BCUT2D eigenvalue weighted by Crippen LogP contribution is 2.10. The minimum absolute atomic E-state index is 0.163. The second-order valence-electron chi connectivity index (χ2n) is 2.72. The van der Waals surface area contributed by atoms with Crippen molar-refractivity contribution in [2.45, 2.75) is 18.6 Å². The zero-order chi connectivity index (χ0) is 9.19. The van der Waals surface area contributed by atoms with Crippen molar-refractivity contribution in [3.05, 3.63) is 29.8 Å². The quantitative estimate of drug-likeness (QED) is 0.643. The van der Waals surface area contributed by atoms with Gasteiger partial charge in [0.1, 0.15) is 9.69 Å². The number of rotatable bonds is 2. The molecule has 0 bridgehead atoms. The Balaban J connectivity index is 3.14. The van der Waals surface area contributed by atoms with Crippen LogP contribution in [0, 0.1) is 6.92 Å². The predicted molar refractivity (Wildman–Crippen MR) is 51.4 cm³/mol. The van der Waals surface area contributed by atoms with E-state index in [-0.39, 0.29) is 6.56 Å². The first-order valence-electron chi connectivity index (χ1n) is 3.85. The van der Waals surface area contributed by atoms with Gasteiger partial charge in [-0.3, -0.25) is 0 Å². The van der Waals surface area contributed by atoms with Gasteiger partial charge in [-0.1, -0.05) is 24.5 Å². The molecule has 4 heteroatoms. The van der Waals surface area contributed by atoms with E-state index in [0.29, 0.717) is 4.90 Å². The molecule has 64 valence electrons. The third-order valence-electron chi connectivity index (χ3n) is 1.76. The molecule has 0 aliphatic rings. The summed E-state index contributed by atoms with van der Waals surface area (Å²) in [6.07, 6.45) is 0. The van der Waals surface area contributed by atoms with Crippen molar-refractivity contribution < 1.29 is 8.42 Å². The molecule has 0 unspecified atom stereocenters. The lowest BCUT2D eigenvalue weighted by atomic mass is 10.2. The maximum Gasteiger partial charge on any atom is 0.277 e. The molecule has 0 saturated carbocycles. The normalized spacial score (nSPS) is 11.2. The molecule has 2 nitrogen and oxygen atoms in total. The molecular formula is C8H11BO2S. The zero-order valence-corrected chi connectivity index (χ0v) is 8.06. The SMILES string of the molecule is CBS(=O)(=O)c1ccc(C)cc1. The van der Waals surface area contributed by atoms with Crippen molar-refractivity contribution >= 4 is 16.2 Å². The van der Waals surface area contributed by atoms with Gasteiger partial charge >= 0.3 is 0 Å². The molecule has 0 saturated heterocycles. The molecule has 0 atom stereocenters. The Hall–Kier alpha value is -0.765. The van der Waals surface area contributed by atoms with Crippen LogP contribution in [0.15, 0.2) is 29.2 Å². The van der Waals surface area contributed by atoms with Gasteiger partial charge in [0.25, 0.3) is 6.56 Å². The average molecular weight is 182 g/mol. The fourth-order valence-corrected chi connectivity index (χ4v) is 1.80. The summed E-state index contributed by atoms with van der Waals surface area (Å²) in [6, 6.07) is 6.91. The van der Waals surface area contributed by atoms with Gasteiger partial charge in [0.05, 0.1) is 4.90 Å². The van der Waals surface area contributed by atoms with E-state index in [9.17, 15) is 8.42 Å². The first-order chi connectivity index (χ1) is 5.56. The lowest BCUT2D eigenvalue weighted by Crippen LogP contribution is -2.06. The van der Waals surface area contributed by atoms with E-state index in [1.807, 2.05) is 19.1 Å². The Morgan fingerprint density at radius 2 is 1.67 bits per heavy atom. The van der Waals surface area contributed by atoms with Gasteiger partial charge in [0, 0.05) is 0 Å². The summed E-state index contributed by atoms with van der Waals surface area (Å²) in [6.45, 7) is 3.74. The molecule has 1 aromatic carbocycles. The van der Waals surface area contributed by atoms with Gasteiger partial charge < -0.3 is 0 Å². The second kappa shape index (κ2) is 3.31. The Bertz CT molecular complexity index is 353. The number of aryl methyl sites for hydroxylation is 1. The molecule has 0 aromatic heterocycles. The summed E-state index contributed by atoms with van der Waals surface area (Å²) < 4.78 is 22.6. The molecule has 0 aliphatic carbocycles. The van der Waals surface area contributed by atoms with E-state index in [1.54, 1.807) is 19.0 Å². The van der Waals surface area contributed by atoms with Crippen LogP contribution < -0.4 is 0 Å². The summed E-state index contributed by atoms with van der Waals surface area (Å²) in [5.74, 6) is 0. The fraction of sp³-hybridized carbons (Fsp3) is 0.250. The van der Waals surface area contributed by atoms with Crippen LogP contribution in [0.1, 0.15) is 5.56 Å². The van der Waals surface area contributed by atoms with Gasteiger partial charge in [-0.25, -0.2) is 8.42 Å². The molecular weight excluding hydrogens is 171 g/mol. The predicted octanol–water partition coefficient (Wildman–Crippen LogP) is 1.17. The van der Waals surface area contributed by atoms with Crippen LogP contribution in [0.5, 0.6) is 0 Å². The maximum atomic E-state index is 11.3. The van der Waals surface area contributed by atoms with Crippen LogP contribution in [0.3, 0.4) is 0 Å². The molecule has 0 fully saturated rings. The van der Waals surface area contributed by atoms with Crippen molar-refractivity contribution in [1.29, 1.82) is 0 Å². The highest BCUT2D eigenvalue weighted by Gasteiger charge is 2.10. The summed E-state index contributed by atoms with van der Waals surface area (Å²) in [7, 11) is -3.01. The number of hydrogen-bond acceptors (Lipinski definition) is 2.